The predicted molar refractivity (Wildman–Crippen MR) is 35.4 cm³/mol. The normalized spacial score (nSPS) is 8.64. The Balaban J connectivity index is 0.000001000. The van der Waals surface area contributed by atoms with Crippen molar-refractivity contribution in [1.29, 1.82) is 0 Å². The average Bonchev–Trinajstić information content (AvgIpc) is 1.95. The van der Waals surface area contributed by atoms with Crippen LogP contribution in [0.2, 0.25) is 0 Å². The van der Waals surface area contributed by atoms with Gasteiger partial charge in [-0.3, -0.25) is 10.7 Å². The van der Waals surface area contributed by atoms with E-state index in [1.165, 1.54) is 6.07 Å². The highest BCUT2D eigenvalue weighted by atomic mass is 19.2. The molecule has 1 rings (SSSR count). The molecule has 0 aromatic heterocycles. The molecule has 0 radical (unpaired) electrons. The van der Waals surface area contributed by atoms with E-state index in [2.05, 4.69) is 0 Å². The smallest absolute Gasteiger partial charge is 0.160 e. The molecule has 0 spiro atoms. The maximum Gasteiger partial charge on any atom is 0.160 e. The summed E-state index contributed by atoms with van der Waals surface area (Å²) in [6.45, 7) is 0. The molecule has 0 fully saturated rings. The molecule has 0 aliphatic heterocycles. The molecule has 1 aromatic rings. The highest BCUT2D eigenvalue weighted by molar-refractivity contribution is 5.40. The summed E-state index contributed by atoms with van der Waals surface area (Å²) < 4.78 is 24.4. The van der Waals surface area contributed by atoms with Crippen molar-refractivity contribution in [2.45, 2.75) is 0 Å². The number of nitrogens with one attached hydrogen (secondary N) is 1. The molecule has 0 unspecified atom stereocenters. The molecule has 0 saturated carbocycles. The highest BCUT2D eigenvalue weighted by Crippen LogP contribution is 2.11. The summed E-state index contributed by atoms with van der Waals surface area (Å²) in [7, 11) is 0. The third-order valence-electron chi connectivity index (χ3n) is 1.05. The van der Waals surface area contributed by atoms with Gasteiger partial charge in [-0.1, -0.05) is 0 Å². The molecule has 3 nitrogen and oxygen atoms in total. The second kappa shape index (κ2) is 3.85. The maximum atomic E-state index is 12.2. The van der Waals surface area contributed by atoms with Crippen LogP contribution in [0.4, 0.5) is 14.5 Å². The van der Waals surface area contributed by atoms with Gasteiger partial charge in [-0.05, 0) is 12.1 Å². The van der Waals surface area contributed by atoms with E-state index in [1.807, 2.05) is 0 Å². The average molecular weight is 163 g/mol. The molecule has 0 aliphatic carbocycles. The van der Waals surface area contributed by atoms with Crippen molar-refractivity contribution < 1.29 is 19.5 Å². The zero-order valence-electron chi connectivity index (χ0n) is 5.44. The summed E-state index contributed by atoms with van der Waals surface area (Å²) in [5.74, 6) is -1.92. The second-order valence-corrected chi connectivity index (χ2v) is 1.74. The number of hydrogen-bond donors (Lipinski definition) is 2. The van der Waals surface area contributed by atoms with E-state index in [1.54, 1.807) is 5.48 Å². The van der Waals surface area contributed by atoms with Gasteiger partial charge in [0.05, 0.1) is 5.69 Å². The molecule has 0 atom stereocenters. The Morgan fingerprint density at radius 3 is 2.27 bits per heavy atom. The molecule has 5 heteroatoms. The van der Waals surface area contributed by atoms with Crippen LogP contribution in [0.15, 0.2) is 18.2 Å². The van der Waals surface area contributed by atoms with Crippen LogP contribution < -0.4 is 5.48 Å². The molecular weight excluding hydrogens is 156 g/mol. The summed E-state index contributed by atoms with van der Waals surface area (Å²) in [6, 6.07) is 3.00. The fourth-order valence-corrected chi connectivity index (χ4v) is 0.566. The first-order valence-corrected chi connectivity index (χ1v) is 2.59. The van der Waals surface area contributed by atoms with Crippen molar-refractivity contribution in [3.05, 3.63) is 29.8 Å². The first-order valence-electron chi connectivity index (χ1n) is 2.59. The molecule has 0 saturated heterocycles. The third-order valence-corrected chi connectivity index (χ3v) is 1.05. The van der Waals surface area contributed by atoms with Gasteiger partial charge < -0.3 is 5.48 Å². The van der Waals surface area contributed by atoms with Gasteiger partial charge in [0.15, 0.2) is 11.6 Å². The Bertz CT molecular complexity index is 242. The van der Waals surface area contributed by atoms with Crippen LogP contribution in [-0.4, -0.2) is 10.7 Å². The molecule has 0 amide bonds. The Kier molecular flexibility index (Phi) is 3.43. The predicted octanol–water partition coefficient (Wildman–Crippen LogP) is 0.941. The van der Waals surface area contributed by atoms with Gasteiger partial charge in [0.1, 0.15) is 0 Å². The van der Waals surface area contributed by atoms with Gasteiger partial charge >= 0.3 is 0 Å². The van der Waals surface area contributed by atoms with Gasteiger partial charge in [-0.2, -0.15) is 0 Å². The number of halogens is 2. The zero-order valence-corrected chi connectivity index (χ0v) is 5.44. The van der Waals surface area contributed by atoms with Crippen LogP contribution in [0.5, 0.6) is 0 Å². The summed E-state index contributed by atoms with van der Waals surface area (Å²) >= 11 is 0. The zero-order chi connectivity index (χ0) is 7.56. The SMILES string of the molecule is O.ONc1ccc(F)c(F)c1. The topological polar surface area (TPSA) is 63.8 Å². The van der Waals surface area contributed by atoms with Crippen LogP contribution in [-0.2, 0) is 0 Å². The quantitative estimate of drug-likeness (QED) is 0.605. The largest absolute Gasteiger partial charge is 0.412 e. The van der Waals surface area contributed by atoms with E-state index in [-0.39, 0.29) is 11.2 Å². The Labute approximate surface area is 61.5 Å². The molecule has 0 heterocycles. The summed E-state index contributed by atoms with van der Waals surface area (Å²) in [5, 5.41) is 8.21. The third kappa shape index (κ3) is 2.14. The monoisotopic (exact) mass is 163 g/mol. The lowest BCUT2D eigenvalue weighted by Crippen LogP contribution is -1.91. The molecule has 0 bridgehead atoms. The van der Waals surface area contributed by atoms with Crippen molar-refractivity contribution in [1.82, 2.24) is 0 Å². The fraction of sp³-hybridized carbons (Fsp3) is 0. The van der Waals surface area contributed by atoms with Crippen LogP contribution in [0, 0.1) is 11.6 Å². The fourth-order valence-electron chi connectivity index (χ4n) is 0.566. The Morgan fingerprint density at radius 2 is 1.82 bits per heavy atom. The van der Waals surface area contributed by atoms with Crippen molar-refractivity contribution in [3.63, 3.8) is 0 Å². The van der Waals surface area contributed by atoms with Crippen molar-refractivity contribution in [2.75, 3.05) is 5.48 Å². The van der Waals surface area contributed by atoms with Gasteiger partial charge in [0.2, 0.25) is 0 Å². The van der Waals surface area contributed by atoms with Gasteiger partial charge in [-0.25, -0.2) is 8.78 Å². The molecular formula is C6H7F2NO2. The number of hydrogen-bond acceptors (Lipinski definition) is 2. The van der Waals surface area contributed by atoms with E-state index in [4.69, 9.17) is 5.21 Å². The lowest BCUT2D eigenvalue weighted by atomic mass is 10.3. The number of rotatable bonds is 1. The van der Waals surface area contributed by atoms with Crippen molar-refractivity contribution in [2.24, 2.45) is 0 Å². The van der Waals surface area contributed by atoms with Gasteiger partial charge in [0, 0.05) is 6.07 Å². The van der Waals surface area contributed by atoms with Crippen LogP contribution in [0.3, 0.4) is 0 Å². The molecule has 1 aromatic carbocycles. The molecule has 4 N–H and O–H groups in total. The minimum Gasteiger partial charge on any atom is -0.412 e. The van der Waals surface area contributed by atoms with E-state index in [0.29, 0.717) is 0 Å². The Hall–Kier alpha value is -1.20. The highest BCUT2D eigenvalue weighted by Gasteiger charge is 1.99. The van der Waals surface area contributed by atoms with E-state index < -0.39 is 11.6 Å². The van der Waals surface area contributed by atoms with E-state index >= 15 is 0 Å². The molecule has 62 valence electrons. The Morgan fingerprint density at radius 1 is 1.18 bits per heavy atom. The van der Waals surface area contributed by atoms with Crippen molar-refractivity contribution in [3.8, 4) is 0 Å². The first kappa shape index (κ1) is 9.80. The summed E-state index contributed by atoms with van der Waals surface area (Å²) in [4.78, 5) is 0. The minimum atomic E-state index is -0.987. The van der Waals surface area contributed by atoms with Gasteiger partial charge in [0.25, 0.3) is 0 Å². The van der Waals surface area contributed by atoms with E-state index in [0.717, 1.165) is 12.1 Å². The molecule has 0 aliphatic rings. The lowest BCUT2D eigenvalue weighted by molar-refractivity contribution is 0.387. The van der Waals surface area contributed by atoms with Crippen LogP contribution in [0.1, 0.15) is 0 Å². The first-order chi connectivity index (χ1) is 4.74. The maximum absolute atomic E-state index is 12.2. The van der Waals surface area contributed by atoms with E-state index in [9.17, 15) is 8.78 Å². The minimum absolute atomic E-state index is 0. The van der Waals surface area contributed by atoms with Crippen LogP contribution in [0.25, 0.3) is 0 Å². The second-order valence-electron chi connectivity index (χ2n) is 1.74. The number of benzene rings is 1. The summed E-state index contributed by atoms with van der Waals surface area (Å²) in [5.41, 5.74) is 1.81. The molecule has 11 heavy (non-hydrogen) atoms. The summed E-state index contributed by atoms with van der Waals surface area (Å²) in [6.07, 6.45) is 0. The lowest BCUT2D eigenvalue weighted by Gasteiger charge is -1.97. The van der Waals surface area contributed by atoms with Crippen LogP contribution >= 0.6 is 0 Å². The standard InChI is InChI=1S/C6H5F2NO.H2O/c7-5-2-1-4(9-10)3-6(5)8;/h1-3,9-10H;1H2. The van der Waals surface area contributed by atoms with Gasteiger partial charge in [-0.15, -0.1) is 0 Å². The number of anilines is 1. The van der Waals surface area contributed by atoms with Crippen molar-refractivity contribution >= 4 is 5.69 Å².